The summed E-state index contributed by atoms with van der Waals surface area (Å²) in [5.41, 5.74) is 6.61. The molecule has 0 unspecified atom stereocenters. The number of ether oxygens (including phenoxy) is 1. The summed E-state index contributed by atoms with van der Waals surface area (Å²) in [5.74, 6) is -0.702. The molecule has 1 fully saturated rings. The van der Waals surface area contributed by atoms with Crippen molar-refractivity contribution in [1.82, 2.24) is 9.21 Å². The maximum Gasteiger partial charge on any atom is 0.244 e. The Bertz CT molecular complexity index is 1450. The normalized spacial score (nSPS) is 16.0. The highest BCUT2D eigenvalue weighted by Crippen LogP contribution is 2.29. The number of methoxy groups -OCH3 is 1. The van der Waals surface area contributed by atoms with Gasteiger partial charge in [-0.05, 0) is 59.2 Å². The molecule has 35 heavy (non-hydrogen) atoms. The van der Waals surface area contributed by atoms with E-state index in [-0.39, 0.29) is 17.9 Å². The number of carbonyl (C=O) groups is 2. The Balaban J connectivity index is 1.64. The average molecular weight is 493 g/mol. The van der Waals surface area contributed by atoms with Gasteiger partial charge in [-0.25, -0.2) is 8.42 Å². The number of nitrogens with two attached hydrogens (primary N) is 1. The summed E-state index contributed by atoms with van der Waals surface area (Å²) in [6, 6.07) is 17.8. The molecule has 2 amide bonds. The van der Waals surface area contributed by atoms with Gasteiger partial charge >= 0.3 is 0 Å². The van der Waals surface area contributed by atoms with E-state index in [9.17, 15) is 18.0 Å². The van der Waals surface area contributed by atoms with Crippen LogP contribution in [0.15, 0.2) is 65.6 Å². The Hall–Kier alpha value is -3.94. The number of primary amides is 1. The van der Waals surface area contributed by atoms with Crippen molar-refractivity contribution in [2.45, 2.75) is 23.9 Å². The van der Waals surface area contributed by atoms with Gasteiger partial charge in [0.25, 0.3) is 0 Å². The highest BCUT2D eigenvalue weighted by atomic mass is 32.2. The molecule has 3 aromatic rings. The molecule has 0 bridgehead atoms. The van der Waals surface area contributed by atoms with Gasteiger partial charge in [-0.1, -0.05) is 24.3 Å². The monoisotopic (exact) mass is 492 g/mol. The highest BCUT2D eigenvalue weighted by Gasteiger charge is 2.42. The van der Waals surface area contributed by atoms with E-state index in [1.807, 2.05) is 6.07 Å². The van der Waals surface area contributed by atoms with Gasteiger partial charge in [0.05, 0.1) is 30.2 Å². The van der Waals surface area contributed by atoms with Crippen molar-refractivity contribution in [3.63, 3.8) is 0 Å². The van der Waals surface area contributed by atoms with E-state index >= 15 is 0 Å². The number of rotatable bonds is 8. The van der Waals surface area contributed by atoms with E-state index in [0.29, 0.717) is 23.2 Å². The number of carbonyl (C=O) groups excluding carboxylic acids is 2. The Morgan fingerprint density at radius 2 is 1.94 bits per heavy atom. The van der Waals surface area contributed by atoms with E-state index in [1.165, 1.54) is 24.1 Å². The zero-order valence-electron chi connectivity index (χ0n) is 19.0. The molecule has 10 heteroatoms. The molecule has 0 aliphatic carbocycles. The SMILES string of the molecule is COc1ccc2ccc(S(=O)(=O)N(CC(N)=O)[C@H]3CCN(Cc4cccc(C#N)c4)C3=O)cc2c1. The number of nitriles is 1. The zero-order chi connectivity index (χ0) is 25.2. The molecule has 1 aliphatic heterocycles. The lowest BCUT2D eigenvalue weighted by Gasteiger charge is -2.26. The third kappa shape index (κ3) is 4.96. The number of benzene rings is 3. The first-order valence-electron chi connectivity index (χ1n) is 10.9. The average Bonchev–Trinajstić information content (AvgIpc) is 3.20. The van der Waals surface area contributed by atoms with Crippen LogP contribution < -0.4 is 10.5 Å². The Kier molecular flexibility index (Phi) is 6.73. The second kappa shape index (κ2) is 9.74. The van der Waals surface area contributed by atoms with Gasteiger partial charge in [-0.3, -0.25) is 9.59 Å². The van der Waals surface area contributed by atoms with Crippen LogP contribution in [0, 0.1) is 11.3 Å². The summed E-state index contributed by atoms with van der Waals surface area (Å²) in [7, 11) is -2.71. The second-order valence-electron chi connectivity index (χ2n) is 8.27. The molecule has 1 aliphatic rings. The molecule has 0 spiro atoms. The van der Waals surface area contributed by atoms with Crippen LogP contribution in [-0.2, 0) is 26.2 Å². The van der Waals surface area contributed by atoms with Gasteiger partial charge < -0.3 is 15.4 Å². The van der Waals surface area contributed by atoms with E-state index in [4.69, 9.17) is 15.7 Å². The van der Waals surface area contributed by atoms with Gasteiger partial charge in [0, 0.05) is 13.1 Å². The summed E-state index contributed by atoms with van der Waals surface area (Å²) >= 11 is 0. The molecule has 0 saturated carbocycles. The summed E-state index contributed by atoms with van der Waals surface area (Å²) < 4.78 is 33.4. The number of hydrogen-bond acceptors (Lipinski definition) is 6. The number of fused-ring (bicyclic) bond motifs is 1. The fraction of sp³-hybridized carbons (Fsp3) is 0.240. The summed E-state index contributed by atoms with van der Waals surface area (Å²) in [6.07, 6.45) is 0.213. The molecule has 0 aromatic heterocycles. The van der Waals surface area contributed by atoms with Crippen molar-refractivity contribution >= 4 is 32.6 Å². The Labute approximate surface area is 203 Å². The fourth-order valence-corrected chi connectivity index (χ4v) is 5.86. The maximum atomic E-state index is 13.6. The summed E-state index contributed by atoms with van der Waals surface area (Å²) in [5, 5.41) is 10.6. The van der Waals surface area contributed by atoms with Crippen LogP contribution in [0.1, 0.15) is 17.5 Å². The number of sulfonamides is 1. The van der Waals surface area contributed by atoms with E-state index < -0.39 is 34.4 Å². The molecular formula is C25H24N4O5S. The van der Waals surface area contributed by atoms with Crippen LogP contribution in [-0.4, -0.2) is 55.7 Å². The molecule has 1 saturated heterocycles. The minimum Gasteiger partial charge on any atom is -0.497 e. The molecule has 2 N–H and O–H groups in total. The van der Waals surface area contributed by atoms with E-state index in [0.717, 1.165) is 15.3 Å². The van der Waals surface area contributed by atoms with Crippen molar-refractivity contribution in [2.24, 2.45) is 5.73 Å². The van der Waals surface area contributed by atoms with Crippen LogP contribution in [0.2, 0.25) is 0 Å². The van der Waals surface area contributed by atoms with Crippen LogP contribution >= 0.6 is 0 Å². The lowest BCUT2D eigenvalue weighted by atomic mass is 10.1. The first-order chi connectivity index (χ1) is 16.7. The first-order valence-corrected chi connectivity index (χ1v) is 12.3. The van der Waals surface area contributed by atoms with Gasteiger partial charge in [-0.15, -0.1) is 0 Å². The highest BCUT2D eigenvalue weighted by molar-refractivity contribution is 7.89. The predicted octanol–water partition coefficient (Wildman–Crippen LogP) is 2.00. The van der Waals surface area contributed by atoms with Gasteiger partial charge in [0.2, 0.25) is 21.8 Å². The van der Waals surface area contributed by atoms with Crippen LogP contribution in [0.4, 0.5) is 0 Å². The molecule has 9 nitrogen and oxygen atoms in total. The number of hydrogen-bond donors (Lipinski definition) is 1. The van der Waals surface area contributed by atoms with Crippen LogP contribution in [0.3, 0.4) is 0 Å². The fourth-order valence-electron chi connectivity index (χ4n) is 4.25. The second-order valence-corrected chi connectivity index (χ2v) is 10.2. The standard InChI is InChI=1S/C25H24N4O5S/c1-34-21-7-5-19-6-8-22(13-20(19)12-21)35(32,33)29(16-24(27)30)23-9-10-28(25(23)31)15-18-4-2-3-17(11-18)14-26/h2-8,11-13,23H,9-10,15-16H2,1H3,(H2,27,30)/t23-/m0/s1. The molecular weight excluding hydrogens is 468 g/mol. The largest absolute Gasteiger partial charge is 0.497 e. The van der Waals surface area contributed by atoms with Crippen molar-refractivity contribution in [3.8, 4) is 11.8 Å². The molecule has 1 heterocycles. The molecule has 1 atom stereocenters. The minimum absolute atomic E-state index is 0.0486. The first kappa shape index (κ1) is 24.2. The Morgan fingerprint density at radius 1 is 1.17 bits per heavy atom. The van der Waals surface area contributed by atoms with Gasteiger partial charge in [0.15, 0.2) is 0 Å². The summed E-state index contributed by atoms with van der Waals surface area (Å²) in [6.45, 7) is -0.0856. The van der Waals surface area contributed by atoms with Crippen molar-refractivity contribution in [3.05, 3.63) is 71.8 Å². The molecule has 0 radical (unpaired) electrons. The number of amides is 2. The number of likely N-dealkylation sites (tertiary alicyclic amines) is 1. The van der Waals surface area contributed by atoms with E-state index in [2.05, 4.69) is 6.07 Å². The topological polar surface area (TPSA) is 134 Å². The quantitative estimate of drug-likeness (QED) is 0.511. The van der Waals surface area contributed by atoms with Crippen LogP contribution in [0.5, 0.6) is 5.75 Å². The van der Waals surface area contributed by atoms with Crippen molar-refractivity contribution in [1.29, 1.82) is 5.26 Å². The number of nitrogens with zero attached hydrogens (tertiary/aromatic N) is 3. The van der Waals surface area contributed by atoms with Crippen molar-refractivity contribution in [2.75, 3.05) is 20.2 Å². The lowest BCUT2D eigenvalue weighted by molar-refractivity contribution is -0.131. The smallest absolute Gasteiger partial charge is 0.244 e. The predicted molar refractivity (Wildman–Crippen MR) is 129 cm³/mol. The van der Waals surface area contributed by atoms with Gasteiger partial charge in [-0.2, -0.15) is 9.57 Å². The third-order valence-corrected chi connectivity index (χ3v) is 7.83. The Morgan fingerprint density at radius 3 is 2.66 bits per heavy atom. The third-order valence-electron chi connectivity index (χ3n) is 5.98. The minimum atomic E-state index is -4.23. The molecule has 3 aromatic carbocycles. The lowest BCUT2D eigenvalue weighted by Crippen LogP contribution is -2.48. The maximum absolute atomic E-state index is 13.6. The van der Waals surface area contributed by atoms with Gasteiger partial charge in [0.1, 0.15) is 11.8 Å². The molecule has 180 valence electrons. The van der Waals surface area contributed by atoms with E-state index in [1.54, 1.807) is 42.5 Å². The summed E-state index contributed by atoms with van der Waals surface area (Å²) in [4.78, 5) is 26.6. The van der Waals surface area contributed by atoms with Crippen LogP contribution in [0.25, 0.3) is 10.8 Å². The molecule has 4 rings (SSSR count). The zero-order valence-corrected chi connectivity index (χ0v) is 19.9. The van der Waals surface area contributed by atoms with Crippen molar-refractivity contribution < 1.29 is 22.7 Å².